The average molecular weight is 226 g/mol. The zero-order valence-corrected chi connectivity index (χ0v) is 10.6. The van der Waals surface area contributed by atoms with Crippen molar-refractivity contribution >= 4 is 11.8 Å². The van der Waals surface area contributed by atoms with Gasteiger partial charge in [0.25, 0.3) is 0 Å². The Morgan fingerprint density at radius 2 is 2.13 bits per heavy atom. The summed E-state index contributed by atoms with van der Waals surface area (Å²) in [5.74, 6) is 3.25. The predicted molar refractivity (Wildman–Crippen MR) is 66.3 cm³/mol. The molecule has 0 amide bonds. The van der Waals surface area contributed by atoms with E-state index < -0.39 is 0 Å². The van der Waals surface area contributed by atoms with Gasteiger partial charge in [0.15, 0.2) is 0 Å². The van der Waals surface area contributed by atoms with Crippen LogP contribution >= 0.6 is 11.8 Å². The van der Waals surface area contributed by atoms with Crippen molar-refractivity contribution in [2.45, 2.75) is 37.6 Å². The second-order valence-electron chi connectivity index (χ2n) is 5.45. The van der Waals surface area contributed by atoms with E-state index in [4.69, 9.17) is 0 Å². The number of nitrogens with zero attached hydrogens (tertiary/aromatic N) is 1. The lowest BCUT2D eigenvalue weighted by atomic mass is 9.95. The minimum absolute atomic E-state index is 0.816. The Morgan fingerprint density at radius 3 is 2.80 bits per heavy atom. The smallest absolute Gasteiger partial charge is 0.0222 e. The maximum atomic E-state index is 3.55. The van der Waals surface area contributed by atoms with E-state index in [-0.39, 0.29) is 0 Å². The van der Waals surface area contributed by atoms with Gasteiger partial charge in [0.2, 0.25) is 0 Å². The standard InChI is InChI=1S/C12H22N2S/c1-8-11-6-13-5-10(11)7-14(8)12-3-4-15-9(12)2/h8-13H,3-7H2,1-2H3. The summed E-state index contributed by atoms with van der Waals surface area (Å²) in [6.45, 7) is 8.75. The number of hydrogen-bond donors (Lipinski definition) is 1. The van der Waals surface area contributed by atoms with Crippen LogP contribution in [0.5, 0.6) is 0 Å². The third-order valence-corrected chi connectivity index (χ3v) is 6.05. The van der Waals surface area contributed by atoms with Crippen LogP contribution in [0, 0.1) is 11.8 Å². The maximum absolute atomic E-state index is 3.55. The van der Waals surface area contributed by atoms with Crippen LogP contribution in [0.1, 0.15) is 20.3 Å². The summed E-state index contributed by atoms with van der Waals surface area (Å²) in [5, 5.41) is 4.41. The molecule has 2 nitrogen and oxygen atoms in total. The second kappa shape index (κ2) is 3.94. The molecular weight excluding hydrogens is 204 g/mol. The zero-order chi connectivity index (χ0) is 10.4. The van der Waals surface area contributed by atoms with Crippen molar-refractivity contribution in [3.05, 3.63) is 0 Å². The molecule has 5 atom stereocenters. The van der Waals surface area contributed by atoms with Gasteiger partial charge < -0.3 is 5.32 Å². The largest absolute Gasteiger partial charge is 0.316 e. The van der Waals surface area contributed by atoms with Crippen LogP contribution < -0.4 is 5.32 Å². The molecule has 0 aromatic rings. The fourth-order valence-electron chi connectivity index (χ4n) is 3.79. The van der Waals surface area contributed by atoms with Gasteiger partial charge in [0, 0.05) is 23.9 Å². The predicted octanol–water partition coefficient (Wildman–Crippen LogP) is 1.42. The van der Waals surface area contributed by atoms with Gasteiger partial charge in [-0.2, -0.15) is 11.8 Å². The average Bonchev–Trinajstić information content (AvgIpc) is 2.85. The highest BCUT2D eigenvalue weighted by molar-refractivity contribution is 8.00. The fourth-order valence-corrected chi connectivity index (χ4v) is 5.06. The summed E-state index contributed by atoms with van der Waals surface area (Å²) in [6, 6.07) is 1.69. The monoisotopic (exact) mass is 226 g/mol. The van der Waals surface area contributed by atoms with E-state index in [0.717, 1.165) is 29.2 Å². The lowest BCUT2D eigenvalue weighted by molar-refractivity contribution is 0.170. The molecule has 0 radical (unpaired) electrons. The summed E-state index contributed by atoms with van der Waals surface area (Å²) in [6.07, 6.45) is 1.42. The van der Waals surface area contributed by atoms with Crippen LogP contribution in [0.25, 0.3) is 0 Å². The SMILES string of the molecule is CC1SCCC1N1CC2CNCC2C1C. The zero-order valence-electron chi connectivity index (χ0n) is 9.78. The van der Waals surface area contributed by atoms with Gasteiger partial charge >= 0.3 is 0 Å². The van der Waals surface area contributed by atoms with Gasteiger partial charge in [-0.05, 0) is 44.0 Å². The van der Waals surface area contributed by atoms with Gasteiger partial charge in [-0.15, -0.1) is 0 Å². The Hall–Kier alpha value is 0.270. The van der Waals surface area contributed by atoms with E-state index in [9.17, 15) is 0 Å². The number of fused-ring (bicyclic) bond motifs is 1. The van der Waals surface area contributed by atoms with E-state index in [1.54, 1.807) is 0 Å². The highest BCUT2D eigenvalue weighted by Gasteiger charge is 2.45. The Kier molecular flexibility index (Phi) is 2.74. The first kappa shape index (κ1) is 10.4. The number of likely N-dealkylation sites (tertiary alicyclic amines) is 1. The molecule has 0 aromatic heterocycles. The molecule has 3 aliphatic heterocycles. The van der Waals surface area contributed by atoms with Crippen molar-refractivity contribution in [1.82, 2.24) is 10.2 Å². The van der Waals surface area contributed by atoms with E-state index >= 15 is 0 Å². The molecule has 0 saturated carbocycles. The van der Waals surface area contributed by atoms with Gasteiger partial charge in [0.1, 0.15) is 0 Å². The minimum Gasteiger partial charge on any atom is -0.316 e. The molecule has 3 heteroatoms. The van der Waals surface area contributed by atoms with Crippen LogP contribution in [0.2, 0.25) is 0 Å². The summed E-state index contributed by atoms with van der Waals surface area (Å²) in [4.78, 5) is 2.82. The first-order chi connectivity index (χ1) is 7.27. The molecule has 3 aliphatic rings. The van der Waals surface area contributed by atoms with Crippen LogP contribution in [0.3, 0.4) is 0 Å². The van der Waals surface area contributed by atoms with Crippen LogP contribution in [-0.4, -0.2) is 47.6 Å². The van der Waals surface area contributed by atoms with E-state index in [0.29, 0.717) is 0 Å². The number of hydrogen-bond acceptors (Lipinski definition) is 3. The third-order valence-electron chi connectivity index (χ3n) is 4.74. The van der Waals surface area contributed by atoms with Crippen molar-refractivity contribution in [3.63, 3.8) is 0 Å². The summed E-state index contributed by atoms with van der Waals surface area (Å²) < 4.78 is 0. The highest BCUT2D eigenvalue weighted by atomic mass is 32.2. The summed E-state index contributed by atoms with van der Waals surface area (Å²) >= 11 is 2.16. The fraction of sp³-hybridized carbons (Fsp3) is 1.00. The highest BCUT2D eigenvalue weighted by Crippen LogP contribution is 2.39. The first-order valence-electron chi connectivity index (χ1n) is 6.35. The molecule has 3 heterocycles. The molecule has 86 valence electrons. The molecule has 3 saturated heterocycles. The number of thioether (sulfide) groups is 1. The van der Waals surface area contributed by atoms with E-state index in [1.807, 2.05) is 0 Å². The van der Waals surface area contributed by atoms with Crippen molar-refractivity contribution < 1.29 is 0 Å². The Bertz CT molecular complexity index is 246. The van der Waals surface area contributed by atoms with E-state index in [2.05, 4.69) is 35.8 Å². The quantitative estimate of drug-likeness (QED) is 0.728. The van der Waals surface area contributed by atoms with Crippen molar-refractivity contribution in [3.8, 4) is 0 Å². The summed E-state index contributed by atoms with van der Waals surface area (Å²) in [5.41, 5.74) is 0. The minimum atomic E-state index is 0.816. The molecule has 0 spiro atoms. The van der Waals surface area contributed by atoms with Gasteiger partial charge in [-0.3, -0.25) is 4.90 Å². The van der Waals surface area contributed by atoms with Crippen molar-refractivity contribution in [2.75, 3.05) is 25.4 Å². The molecule has 3 rings (SSSR count). The van der Waals surface area contributed by atoms with Crippen molar-refractivity contribution in [1.29, 1.82) is 0 Å². The van der Waals surface area contributed by atoms with Crippen LogP contribution in [0.15, 0.2) is 0 Å². The molecule has 0 bridgehead atoms. The molecular formula is C12H22N2S. The Morgan fingerprint density at radius 1 is 1.27 bits per heavy atom. The Labute approximate surface area is 97.2 Å². The lowest BCUT2D eigenvalue weighted by Gasteiger charge is -2.32. The van der Waals surface area contributed by atoms with Gasteiger partial charge in [-0.1, -0.05) is 6.92 Å². The van der Waals surface area contributed by atoms with Crippen LogP contribution in [0.4, 0.5) is 0 Å². The topological polar surface area (TPSA) is 15.3 Å². The lowest BCUT2D eigenvalue weighted by Crippen LogP contribution is -2.43. The third kappa shape index (κ3) is 1.63. The molecule has 3 fully saturated rings. The molecule has 1 N–H and O–H groups in total. The maximum Gasteiger partial charge on any atom is 0.0222 e. The number of nitrogens with one attached hydrogen (secondary N) is 1. The van der Waals surface area contributed by atoms with E-state index in [1.165, 1.54) is 31.8 Å². The van der Waals surface area contributed by atoms with Crippen LogP contribution in [-0.2, 0) is 0 Å². The molecule has 0 aromatic carbocycles. The second-order valence-corrected chi connectivity index (χ2v) is 6.94. The first-order valence-corrected chi connectivity index (χ1v) is 7.40. The van der Waals surface area contributed by atoms with Gasteiger partial charge in [0.05, 0.1) is 0 Å². The molecule has 15 heavy (non-hydrogen) atoms. The summed E-state index contributed by atoms with van der Waals surface area (Å²) in [7, 11) is 0. The van der Waals surface area contributed by atoms with Crippen molar-refractivity contribution in [2.24, 2.45) is 11.8 Å². The number of rotatable bonds is 1. The molecule has 5 unspecified atom stereocenters. The molecule has 0 aliphatic carbocycles. The Balaban J connectivity index is 1.72. The normalized spacial score (nSPS) is 51.2. The van der Waals surface area contributed by atoms with Gasteiger partial charge in [-0.25, -0.2) is 0 Å².